The largest absolute Gasteiger partial charge is 0.356 e. The summed E-state index contributed by atoms with van der Waals surface area (Å²) in [7, 11) is 0. The minimum atomic E-state index is -0.409. The van der Waals surface area contributed by atoms with Gasteiger partial charge >= 0.3 is 5.69 Å². The molecule has 0 atom stereocenters. The van der Waals surface area contributed by atoms with Gasteiger partial charge in [0.15, 0.2) is 11.2 Å². The van der Waals surface area contributed by atoms with Crippen LogP contribution in [0.5, 0.6) is 0 Å². The number of fused-ring (bicyclic) bond motifs is 1. The van der Waals surface area contributed by atoms with Gasteiger partial charge in [-0.15, -0.1) is 0 Å². The van der Waals surface area contributed by atoms with Crippen LogP contribution >= 0.6 is 11.6 Å². The van der Waals surface area contributed by atoms with E-state index < -0.39 is 5.56 Å². The number of aromatic amines is 1. The van der Waals surface area contributed by atoms with Gasteiger partial charge in [0.25, 0.3) is 5.56 Å². The Labute approximate surface area is 187 Å². The molecule has 1 aliphatic carbocycles. The summed E-state index contributed by atoms with van der Waals surface area (Å²) < 4.78 is 2.77. The Morgan fingerprint density at radius 3 is 2.55 bits per heavy atom. The molecule has 3 rings (SSSR count). The van der Waals surface area contributed by atoms with Crippen molar-refractivity contribution in [3.63, 3.8) is 0 Å². The van der Waals surface area contributed by atoms with Crippen molar-refractivity contribution < 1.29 is 4.79 Å². The third-order valence-corrected chi connectivity index (χ3v) is 6.34. The van der Waals surface area contributed by atoms with E-state index >= 15 is 0 Å². The molecule has 2 aromatic rings. The van der Waals surface area contributed by atoms with Crippen LogP contribution in [0.1, 0.15) is 77.6 Å². The molecule has 0 aromatic carbocycles. The van der Waals surface area contributed by atoms with Gasteiger partial charge in [-0.3, -0.25) is 18.7 Å². The molecule has 0 saturated heterocycles. The summed E-state index contributed by atoms with van der Waals surface area (Å²) in [5.41, 5.74) is -0.202. The highest BCUT2D eigenvalue weighted by Gasteiger charge is 2.17. The third-order valence-electron chi connectivity index (χ3n) is 6.17. The minimum Gasteiger partial charge on any atom is -0.356 e. The van der Waals surface area contributed by atoms with Gasteiger partial charge in [0.1, 0.15) is 0 Å². The quantitative estimate of drug-likeness (QED) is 0.402. The number of imidazole rings is 1. The number of H-pyrrole nitrogens is 1. The van der Waals surface area contributed by atoms with Crippen LogP contribution < -0.4 is 16.6 Å². The fourth-order valence-corrected chi connectivity index (χ4v) is 4.52. The van der Waals surface area contributed by atoms with E-state index in [0.717, 1.165) is 25.8 Å². The van der Waals surface area contributed by atoms with E-state index in [9.17, 15) is 14.4 Å². The standard InChI is InChI=1S/C22H34ClN5O3/c1-2-3-8-13-27-19-18(25-21(23)26-19)20(30)28(22(27)31)14-9-7-12-17(29)24-15-16-10-5-4-6-11-16/h16H,2-15H2,1H3,(H,24,29)(H,25,26). The molecule has 0 unspecified atom stereocenters. The predicted molar refractivity (Wildman–Crippen MR) is 123 cm³/mol. The summed E-state index contributed by atoms with van der Waals surface area (Å²) in [6.07, 6.45) is 10.7. The molecule has 172 valence electrons. The van der Waals surface area contributed by atoms with E-state index in [0.29, 0.717) is 37.4 Å². The van der Waals surface area contributed by atoms with Crippen molar-refractivity contribution in [2.24, 2.45) is 5.92 Å². The first-order chi connectivity index (χ1) is 15.0. The van der Waals surface area contributed by atoms with Crippen molar-refractivity contribution in [3.05, 3.63) is 26.1 Å². The second kappa shape index (κ2) is 11.5. The first-order valence-corrected chi connectivity index (χ1v) is 12.0. The number of nitrogens with zero attached hydrogens (tertiary/aromatic N) is 3. The van der Waals surface area contributed by atoms with Crippen LogP contribution in [-0.2, 0) is 17.9 Å². The van der Waals surface area contributed by atoms with Gasteiger partial charge in [-0.25, -0.2) is 4.79 Å². The van der Waals surface area contributed by atoms with E-state index in [-0.39, 0.29) is 28.9 Å². The molecule has 0 radical (unpaired) electrons. The Morgan fingerprint density at radius 1 is 1.10 bits per heavy atom. The zero-order valence-electron chi connectivity index (χ0n) is 18.4. The first kappa shape index (κ1) is 23.6. The number of nitrogens with one attached hydrogen (secondary N) is 2. The average Bonchev–Trinajstić information content (AvgIpc) is 3.16. The SMILES string of the molecule is CCCCCn1c(=O)n(CCCCC(=O)NCC2CCCCC2)c(=O)c2[nH]c(Cl)nc21. The number of hydrogen-bond donors (Lipinski definition) is 2. The number of carbonyl (C=O) groups excluding carboxylic acids is 1. The van der Waals surface area contributed by atoms with Crippen LogP contribution in [0, 0.1) is 5.92 Å². The molecule has 0 aliphatic heterocycles. The molecule has 1 fully saturated rings. The first-order valence-electron chi connectivity index (χ1n) is 11.7. The highest BCUT2D eigenvalue weighted by Crippen LogP contribution is 2.22. The molecule has 9 heteroatoms. The fourth-order valence-electron chi connectivity index (χ4n) is 4.35. The number of rotatable bonds is 11. The summed E-state index contributed by atoms with van der Waals surface area (Å²) in [5, 5.41) is 3.14. The topological polar surface area (TPSA) is 102 Å². The van der Waals surface area contributed by atoms with Crippen LogP contribution in [0.25, 0.3) is 11.2 Å². The Kier molecular flexibility index (Phi) is 8.75. The van der Waals surface area contributed by atoms with Crippen LogP contribution in [0.3, 0.4) is 0 Å². The van der Waals surface area contributed by atoms with E-state index in [1.165, 1.54) is 41.2 Å². The lowest BCUT2D eigenvalue weighted by atomic mass is 9.89. The molecule has 1 amide bonds. The third kappa shape index (κ3) is 6.21. The van der Waals surface area contributed by atoms with Crippen molar-refractivity contribution in [2.45, 2.75) is 90.6 Å². The van der Waals surface area contributed by atoms with Gasteiger partial charge in [0.05, 0.1) is 0 Å². The van der Waals surface area contributed by atoms with Gasteiger partial charge in [-0.2, -0.15) is 4.98 Å². The van der Waals surface area contributed by atoms with Crippen molar-refractivity contribution in [1.29, 1.82) is 0 Å². The molecule has 2 heterocycles. The van der Waals surface area contributed by atoms with Crippen molar-refractivity contribution >= 4 is 28.7 Å². The smallest absolute Gasteiger partial charge is 0.332 e. The van der Waals surface area contributed by atoms with Crippen LogP contribution in [-0.4, -0.2) is 31.6 Å². The fraction of sp³-hybridized carbons (Fsp3) is 0.727. The van der Waals surface area contributed by atoms with Crippen molar-refractivity contribution in [1.82, 2.24) is 24.4 Å². The highest BCUT2D eigenvalue weighted by atomic mass is 35.5. The maximum atomic E-state index is 13.0. The summed E-state index contributed by atoms with van der Waals surface area (Å²) >= 11 is 5.97. The Bertz CT molecular complexity index is 987. The Hall–Kier alpha value is -2.09. The van der Waals surface area contributed by atoms with Crippen molar-refractivity contribution in [3.8, 4) is 0 Å². The number of aryl methyl sites for hydroxylation is 1. The van der Waals surface area contributed by atoms with E-state index in [4.69, 9.17) is 11.6 Å². The molecule has 1 aliphatic rings. The van der Waals surface area contributed by atoms with E-state index in [1.807, 2.05) is 0 Å². The summed E-state index contributed by atoms with van der Waals surface area (Å²) in [6, 6.07) is 0. The zero-order chi connectivity index (χ0) is 22.2. The van der Waals surface area contributed by atoms with Crippen LogP contribution in [0.4, 0.5) is 0 Å². The second-order valence-corrected chi connectivity index (χ2v) is 8.95. The number of aromatic nitrogens is 4. The van der Waals surface area contributed by atoms with Crippen LogP contribution in [0.2, 0.25) is 5.28 Å². The highest BCUT2D eigenvalue weighted by molar-refractivity contribution is 6.28. The van der Waals surface area contributed by atoms with Crippen LogP contribution in [0.15, 0.2) is 9.59 Å². The van der Waals surface area contributed by atoms with Gasteiger partial charge in [-0.1, -0.05) is 39.0 Å². The summed E-state index contributed by atoms with van der Waals surface area (Å²) in [6.45, 7) is 3.62. The van der Waals surface area contributed by atoms with Gasteiger partial charge in [-0.05, 0) is 49.6 Å². The van der Waals surface area contributed by atoms with Gasteiger partial charge < -0.3 is 10.3 Å². The molecule has 2 N–H and O–H groups in total. The second-order valence-electron chi connectivity index (χ2n) is 8.59. The van der Waals surface area contributed by atoms with Gasteiger partial charge in [0, 0.05) is 26.1 Å². The minimum absolute atomic E-state index is 0.0469. The summed E-state index contributed by atoms with van der Waals surface area (Å²) in [4.78, 5) is 44.8. The molecule has 8 nitrogen and oxygen atoms in total. The Balaban J connectivity index is 1.58. The number of unbranched alkanes of at least 4 members (excludes halogenated alkanes) is 3. The number of carbonyl (C=O) groups is 1. The molecule has 0 bridgehead atoms. The predicted octanol–water partition coefficient (Wildman–Crippen LogP) is 3.60. The average molecular weight is 452 g/mol. The lowest BCUT2D eigenvalue weighted by molar-refractivity contribution is -0.121. The number of halogens is 1. The molecule has 31 heavy (non-hydrogen) atoms. The van der Waals surface area contributed by atoms with Gasteiger partial charge in [0.2, 0.25) is 11.2 Å². The maximum Gasteiger partial charge on any atom is 0.332 e. The summed E-state index contributed by atoms with van der Waals surface area (Å²) in [5.74, 6) is 0.654. The number of hydrogen-bond acceptors (Lipinski definition) is 4. The monoisotopic (exact) mass is 451 g/mol. The Morgan fingerprint density at radius 2 is 1.81 bits per heavy atom. The molecule has 0 spiro atoms. The molecular formula is C22H34ClN5O3. The lowest BCUT2D eigenvalue weighted by Gasteiger charge is -2.21. The molecular weight excluding hydrogens is 418 g/mol. The normalized spacial score (nSPS) is 14.9. The number of amides is 1. The maximum absolute atomic E-state index is 13.0. The zero-order valence-corrected chi connectivity index (χ0v) is 19.2. The van der Waals surface area contributed by atoms with Crippen molar-refractivity contribution in [2.75, 3.05) is 6.54 Å². The molecule has 1 saturated carbocycles. The van der Waals surface area contributed by atoms with E-state index in [1.54, 1.807) is 0 Å². The molecule has 2 aromatic heterocycles. The lowest BCUT2D eigenvalue weighted by Crippen LogP contribution is -2.40. The van der Waals surface area contributed by atoms with E-state index in [2.05, 4.69) is 22.2 Å².